The molecule has 0 unspecified atom stereocenters. The second-order valence-corrected chi connectivity index (χ2v) is 1.33. The number of allylic oxidation sites excluding steroid dienone is 2. The van der Waals surface area contributed by atoms with Crippen molar-refractivity contribution in [1.82, 2.24) is 0 Å². The molecule has 0 aromatic rings. The van der Waals surface area contributed by atoms with Crippen molar-refractivity contribution < 1.29 is 4.79 Å². The van der Waals surface area contributed by atoms with Crippen LogP contribution in [0.2, 0.25) is 0 Å². The summed E-state index contributed by atoms with van der Waals surface area (Å²) in [6.45, 7) is 3.43. The van der Waals surface area contributed by atoms with Crippen LogP contribution in [0, 0.1) is 0 Å². The first kappa shape index (κ1) is 6.95. The first-order valence-corrected chi connectivity index (χ1v) is 2.24. The number of nitrogens with two attached hydrogens (primary N) is 1. The molecule has 0 rings (SSSR count). The molecule has 0 aliphatic rings. The van der Waals surface area contributed by atoms with Gasteiger partial charge < -0.3 is 5.73 Å². The summed E-state index contributed by atoms with van der Waals surface area (Å²) in [5.74, 6) is 0. The monoisotopic (exact) mass is 110 g/mol. The van der Waals surface area contributed by atoms with Crippen molar-refractivity contribution in [2.75, 3.05) is 0 Å². The molecule has 0 aromatic heterocycles. The van der Waals surface area contributed by atoms with Crippen LogP contribution in [0.15, 0.2) is 24.4 Å². The maximum absolute atomic E-state index is 9.57. The lowest BCUT2D eigenvalue weighted by molar-refractivity contribution is 0.564. The van der Waals surface area contributed by atoms with Crippen LogP contribution in [0.4, 0.5) is 0 Å². The summed E-state index contributed by atoms with van der Waals surface area (Å²) < 4.78 is 0. The summed E-state index contributed by atoms with van der Waals surface area (Å²) in [5, 5.41) is 0. The van der Waals surface area contributed by atoms with Gasteiger partial charge in [-0.15, -0.1) is 6.58 Å². The quantitative estimate of drug-likeness (QED) is 0.425. The zero-order valence-electron chi connectivity index (χ0n) is 4.55. The molecule has 0 atom stereocenters. The largest absolute Gasteiger partial charge is 0.402 e. The molecule has 1 radical (unpaired) electrons. The van der Waals surface area contributed by atoms with Gasteiger partial charge in [0.1, 0.15) is 0 Å². The number of rotatable bonds is 3. The van der Waals surface area contributed by atoms with Gasteiger partial charge in [-0.3, -0.25) is 4.79 Å². The van der Waals surface area contributed by atoms with Gasteiger partial charge in [0.2, 0.25) is 6.29 Å². The first-order valence-electron chi connectivity index (χ1n) is 2.24. The molecule has 0 amide bonds. The minimum atomic E-state index is 0.495. The molecular weight excluding hydrogens is 102 g/mol. The maximum atomic E-state index is 9.57. The van der Waals surface area contributed by atoms with Crippen LogP contribution in [0.1, 0.15) is 6.42 Å². The fourth-order valence-corrected chi connectivity index (χ4v) is 0.301. The maximum Gasteiger partial charge on any atom is 0.227 e. The molecule has 0 bridgehead atoms. The molecule has 0 aromatic carbocycles. The molecule has 0 heterocycles. The van der Waals surface area contributed by atoms with E-state index in [1.165, 1.54) is 6.08 Å². The van der Waals surface area contributed by atoms with Gasteiger partial charge in [-0.2, -0.15) is 0 Å². The fourth-order valence-electron chi connectivity index (χ4n) is 0.301. The first-order chi connectivity index (χ1) is 3.81. The molecule has 0 saturated carbocycles. The Bertz CT molecular complexity index is 116. The lowest BCUT2D eigenvalue weighted by Gasteiger charge is -1.87. The Hall–Kier alpha value is -1.05. The summed E-state index contributed by atoms with van der Waals surface area (Å²) >= 11 is 0. The number of hydrogen-bond donors (Lipinski definition) is 1. The molecule has 0 aliphatic carbocycles. The van der Waals surface area contributed by atoms with Gasteiger partial charge in [0.05, 0.1) is 0 Å². The van der Waals surface area contributed by atoms with E-state index in [1.807, 2.05) is 0 Å². The van der Waals surface area contributed by atoms with Crippen LogP contribution in [0.25, 0.3) is 0 Å². The standard InChI is InChI=1S/C6H8NO/c1-2-3-6(7)4-5-8/h2,4H,1,3,7H2. The zero-order chi connectivity index (χ0) is 6.41. The third-order valence-corrected chi connectivity index (χ3v) is 0.624. The molecule has 0 aliphatic heterocycles. The SMILES string of the molecule is C=CCC(N)=C[C]=O. The van der Waals surface area contributed by atoms with Crippen molar-refractivity contribution in [3.8, 4) is 0 Å². The van der Waals surface area contributed by atoms with Crippen molar-refractivity contribution in [1.29, 1.82) is 0 Å². The molecule has 2 N–H and O–H groups in total. The Morgan fingerprint density at radius 1 is 1.88 bits per heavy atom. The summed E-state index contributed by atoms with van der Waals surface area (Å²) in [5.41, 5.74) is 5.72. The molecule has 0 spiro atoms. The normalized spacial score (nSPS) is 10.8. The van der Waals surface area contributed by atoms with Gasteiger partial charge in [-0.25, -0.2) is 0 Å². The number of hydrogen-bond acceptors (Lipinski definition) is 2. The van der Waals surface area contributed by atoms with Gasteiger partial charge in [0.15, 0.2) is 0 Å². The number of carbonyl (C=O) groups excluding carboxylic acids is 1. The second-order valence-electron chi connectivity index (χ2n) is 1.33. The molecule has 2 heteroatoms. The third-order valence-electron chi connectivity index (χ3n) is 0.624. The predicted molar refractivity (Wildman–Crippen MR) is 32.8 cm³/mol. The van der Waals surface area contributed by atoms with Crippen LogP contribution < -0.4 is 5.73 Å². The van der Waals surface area contributed by atoms with E-state index in [1.54, 1.807) is 12.4 Å². The summed E-state index contributed by atoms with van der Waals surface area (Å²) in [4.78, 5) is 9.57. The molecule has 0 fully saturated rings. The van der Waals surface area contributed by atoms with Crippen LogP contribution in [-0.2, 0) is 4.79 Å². The van der Waals surface area contributed by atoms with Crippen LogP contribution in [0.5, 0.6) is 0 Å². The highest BCUT2D eigenvalue weighted by Crippen LogP contribution is 1.88. The van der Waals surface area contributed by atoms with Gasteiger partial charge in [-0.1, -0.05) is 6.08 Å². The minimum absolute atomic E-state index is 0.495. The Kier molecular flexibility index (Phi) is 3.58. The Morgan fingerprint density at radius 3 is 2.88 bits per heavy atom. The van der Waals surface area contributed by atoms with Crippen molar-refractivity contribution in [2.45, 2.75) is 6.42 Å². The summed E-state index contributed by atoms with van der Waals surface area (Å²) in [7, 11) is 0. The van der Waals surface area contributed by atoms with Crippen molar-refractivity contribution >= 4 is 6.29 Å². The van der Waals surface area contributed by atoms with Gasteiger partial charge >= 0.3 is 0 Å². The lowest BCUT2D eigenvalue weighted by Crippen LogP contribution is -1.94. The highest BCUT2D eigenvalue weighted by Gasteiger charge is 1.80. The van der Waals surface area contributed by atoms with Gasteiger partial charge in [-0.05, 0) is 0 Å². The van der Waals surface area contributed by atoms with E-state index in [9.17, 15) is 4.79 Å². The predicted octanol–water partition coefficient (Wildman–Crippen LogP) is 0.515. The topological polar surface area (TPSA) is 43.1 Å². The van der Waals surface area contributed by atoms with Gasteiger partial charge in [0.25, 0.3) is 0 Å². The van der Waals surface area contributed by atoms with E-state index >= 15 is 0 Å². The highest BCUT2D eigenvalue weighted by molar-refractivity contribution is 5.66. The average Bonchev–Trinajstić information content (AvgIpc) is 1.68. The van der Waals surface area contributed by atoms with Crippen molar-refractivity contribution in [3.63, 3.8) is 0 Å². The minimum Gasteiger partial charge on any atom is -0.402 e. The zero-order valence-corrected chi connectivity index (χ0v) is 4.55. The smallest absolute Gasteiger partial charge is 0.227 e. The average molecular weight is 110 g/mol. The summed E-state index contributed by atoms with van der Waals surface area (Å²) in [6.07, 6.45) is 4.94. The van der Waals surface area contributed by atoms with E-state index in [0.717, 1.165) is 0 Å². The molecule has 8 heavy (non-hydrogen) atoms. The van der Waals surface area contributed by atoms with E-state index in [2.05, 4.69) is 6.58 Å². The Morgan fingerprint density at radius 2 is 2.50 bits per heavy atom. The Balaban J connectivity index is 3.60. The van der Waals surface area contributed by atoms with Crippen LogP contribution in [-0.4, -0.2) is 6.29 Å². The van der Waals surface area contributed by atoms with E-state index < -0.39 is 0 Å². The van der Waals surface area contributed by atoms with Crippen LogP contribution in [0.3, 0.4) is 0 Å². The van der Waals surface area contributed by atoms with Crippen LogP contribution >= 0.6 is 0 Å². The molecule has 2 nitrogen and oxygen atoms in total. The lowest BCUT2D eigenvalue weighted by atomic mass is 10.3. The van der Waals surface area contributed by atoms with Gasteiger partial charge in [0, 0.05) is 18.2 Å². The Labute approximate surface area is 48.7 Å². The molecular formula is C6H8NO. The summed E-state index contributed by atoms with van der Waals surface area (Å²) in [6, 6.07) is 0. The van der Waals surface area contributed by atoms with E-state index in [-0.39, 0.29) is 0 Å². The highest BCUT2D eigenvalue weighted by atomic mass is 16.1. The molecule has 0 saturated heterocycles. The van der Waals surface area contributed by atoms with E-state index in [0.29, 0.717) is 12.1 Å². The fraction of sp³-hybridized carbons (Fsp3) is 0.167. The third kappa shape index (κ3) is 3.15. The van der Waals surface area contributed by atoms with Crippen molar-refractivity contribution in [3.05, 3.63) is 24.4 Å². The van der Waals surface area contributed by atoms with E-state index in [4.69, 9.17) is 5.73 Å². The second kappa shape index (κ2) is 4.12. The molecule has 43 valence electrons. The van der Waals surface area contributed by atoms with Crippen molar-refractivity contribution in [2.24, 2.45) is 5.73 Å².